The number of carboxylic acids is 1. The van der Waals surface area contributed by atoms with Gasteiger partial charge in [0.15, 0.2) is 4.84 Å². The van der Waals surface area contributed by atoms with Gasteiger partial charge in [0, 0.05) is 30.7 Å². The first-order valence-corrected chi connectivity index (χ1v) is 33.0. The molecular formula is C56H79Cl6N10O12PS. The maximum absolute atomic E-state index is 12.2. The van der Waals surface area contributed by atoms with Crippen LogP contribution in [-0.2, 0) is 46.4 Å². The number of halogens is 6. The molecule has 3 atom stereocenters. The molecule has 2 aromatic heterocycles. The van der Waals surface area contributed by atoms with Gasteiger partial charge in [0.2, 0.25) is 29.0 Å². The summed E-state index contributed by atoms with van der Waals surface area (Å²) in [5, 5.41) is 21.0. The third kappa shape index (κ3) is 28.8. The van der Waals surface area contributed by atoms with Crippen LogP contribution in [0.3, 0.4) is 0 Å². The van der Waals surface area contributed by atoms with E-state index in [2.05, 4.69) is 68.4 Å². The number of hydrogen-bond donors (Lipinski definition) is 5. The number of para-hydroxylation sites is 3. The third-order valence-corrected chi connectivity index (χ3v) is 12.4. The molecule has 0 spiro atoms. The number of nitrogens with zero attached hydrogens (tertiary/aromatic N) is 7. The average molecular weight is 1360 g/mol. The van der Waals surface area contributed by atoms with Crippen LogP contribution in [0.2, 0.25) is 15.3 Å². The molecule has 3 unspecified atom stereocenters. The average Bonchev–Trinajstić information content (AvgIpc) is 1.76. The predicted octanol–water partition coefficient (Wildman–Crippen LogP) is 10.0. The Balaban J connectivity index is 0.000000538. The standard InChI is InChI=1S/C15H14Cl2N2O3.C15H22ClNO2.C11H11Cl2NO2.C9H16ClN5.C3H8NO5P.C3H9S/c1-5-6-21-12-8-11(9(16)7-10(12)17)19-14(20)22-13(18-19)15(2,3)4;1-5-13-8-6-7-11(2)15(13)17(14(18)9-16)12(3)10-19-4;1-7-6-16-9-5-3-2-4-8(9)14(7)11(15)10(12)13;1-5-11-7-12-6(10)13-8(14-7)15-9(2,3)4;5-3(6)1-4-2-10(7,8)9;1-4(2)3/h1,7-8H,6H2,2-4H3;6-8,12H,5,9-10H2,1-4H3;2-5,7,10H,6H2,1H3;5H2,1-4H3,(H2,11,12,13,14,15);4H,1-2H2,(H,5,6)(H2,7,8,9);1-3H3/q;;;;;+1/p-1. The Hall–Kier alpha value is -5.06. The number of aliphatic carboxylic acids is 1. The van der Waals surface area contributed by atoms with Crippen molar-refractivity contribution in [3.05, 3.63) is 97.5 Å². The fraction of sp³-hybridized carbons (Fsp3) is 0.500. The number of carbonyl (C=O) groups is 3. The third-order valence-electron chi connectivity index (χ3n) is 10.4. The zero-order valence-corrected chi connectivity index (χ0v) is 57.1. The van der Waals surface area contributed by atoms with Crippen molar-refractivity contribution in [2.75, 3.05) is 91.4 Å². The van der Waals surface area contributed by atoms with Crippen LogP contribution in [-0.4, -0.2) is 146 Å². The molecule has 478 valence electrons. The van der Waals surface area contributed by atoms with Crippen LogP contribution >= 0.6 is 77.2 Å². The molecule has 5 N–H and O–H groups in total. The molecule has 1 aliphatic rings. The number of aromatic nitrogens is 5. The number of amides is 2. The molecule has 5 aromatic rings. The number of nitrogens with one attached hydrogen (secondary N) is 3. The molecule has 2 amide bonds. The van der Waals surface area contributed by atoms with Crippen LogP contribution in [0.25, 0.3) is 5.69 Å². The molecule has 0 aliphatic carbocycles. The Bertz CT molecular complexity index is 3100. The van der Waals surface area contributed by atoms with Crippen molar-refractivity contribution in [3.8, 4) is 29.5 Å². The number of terminal acetylenes is 1. The molecule has 3 aromatic carbocycles. The van der Waals surface area contributed by atoms with Gasteiger partial charge in [-0.2, -0.15) is 19.6 Å². The van der Waals surface area contributed by atoms with Crippen molar-refractivity contribution in [1.82, 2.24) is 30.0 Å². The van der Waals surface area contributed by atoms with E-state index in [1.165, 1.54) is 12.1 Å². The van der Waals surface area contributed by atoms with Crippen LogP contribution < -0.4 is 45.9 Å². The van der Waals surface area contributed by atoms with E-state index >= 15 is 0 Å². The molecule has 22 nitrogen and oxygen atoms in total. The van der Waals surface area contributed by atoms with Crippen LogP contribution in [0.4, 0.5) is 23.3 Å². The summed E-state index contributed by atoms with van der Waals surface area (Å²) in [6.45, 7) is 22.9. The van der Waals surface area contributed by atoms with E-state index in [-0.39, 0.29) is 57.3 Å². The van der Waals surface area contributed by atoms with Gasteiger partial charge in [0.05, 0.1) is 77.4 Å². The van der Waals surface area contributed by atoms with Crippen molar-refractivity contribution in [2.45, 2.75) is 110 Å². The van der Waals surface area contributed by atoms with E-state index < -0.39 is 42.4 Å². The normalized spacial score (nSPS) is 13.4. The fourth-order valence-corrected chi connectivity index (χ4v) is 8.40. The van der Waals surface area contributed by atoms with Crippen LogP contribution in [0.1, 0.15) is 86.3 Å². The van der Waals surface area contributed by atoms with Gasteiger partial charge in [-0.1, -0.05) is 110 Å². The van der Waals surface area contributed by atoms with E-state index in [0.29, 0.717) is 59.1 Å². The zero-order valence-electron chi connectivity index (χ0n) is 50.9. The summed E-state index contributed by atoms with van der Waals surface area (Å²) in [6, 6.07) is 16.3. The minimum atomic E-state index is -4.35. The smallest absolute Gasteiger partial charge is 0.442 e. The lowest BCUT2D eigenvalue weighted by molar-refractivity contribution is -0.193. The molecule has 0 saturated carbocycles. The highest BCUT2D eigenvalue weighted by atomic mass is 35.5. The van der Waals surface area contributed by atoms with Crippen LogP contribution in [0.15, 0.2) is 63.8 Å². The minimum Gasteiger partial charge on any atom is -0.778 e. The second-order valence-electron chi connectivity index (χ2n) is 20.8. The fourth-order valence-electron chi connectivity index (χ4n) is 6.99. The maximum atomic E-state index is 12.2. The number of hydrogen-bond acceptors (Lipinski definition) is 17. The summed E-state index contributed by atoms with van der Waals surface area (Å²) in [4.78, 5) is 78.3. The van der Waals surface area contributed by atoms with E-state index in [9.17, 15) is 28.6 Å². The highest BCUT2D eigenvalue weighted by Crippen LogP contribution is 2.36. The highest BCUT2D eigenvalue weighted by molar-refractivity contribution is 7.94. The molecule has 30 heteroatoms. The topological polar surface area (TPSA) is 289 Å². The Kier molecular flexibility index (Phi) is 35.2. The number of fused-ring (bicyclic) bond motifs is 1. The van der Waals surface area contributed by atoms with Crippen molar-refractivity contribution < 1.29 is 52.5 Å². The lowest BCUT2D eigenvalue weighted by atomic mass is 9.97. The summed E-state index contributed by atoms with van der Waals surface area (Å²) in [5.41, 5.74) is 3.72. The quantitative estimate of drug-likeness (QED) is 0.0250. The number of carboxylic acid groups (broad SMARTS) is 1. The Labute approximate surface area is 537 Å². The van der Waals surface area contributed by atoms with Crippen LogP contribution in [0.5, 0.6) is 11.5 Å². The minimum absolute atomic E-state index is 0.0223. The molecule has 3 heterocycles. The SMILES string of the molecule is C#CCOc1cc(-n2nc(C(C)(C)C)oc2=O)c(Cl)cc1Cl.CC1COc2ccccc2N1C(=O)C(Cl)Cl.CCNc1nc(Cl)nc(NC(C)(C)C)n1.CCc1cccc(C)c1N(C(=O)CCl)C(C)COC.C[S+](C)C.O=C(O)CNCP(=O)([O-])O. The summed E-state index contributed by atoms with van der Waals surface area (Å²) in [6.07, 6.45) is 11.9. The van der Waals surface area contributed by atoms with E-state index in [4.69, 9.17) is 105 Å². The summed E-state index contributed by atoms with van der Waals surface area (Å²) in [7, 11) is -2.07. The van der Waals surface area contributed by atoms with Crippen LogP contribution in [0, 0.1) is 19.3 Å². The number of anilines is 4. The molecule has 0 bridgehead atoms. The first kappa shape index (κ1) is 79.0. The van der Waals surface area contributed by atoms with Crippen molar-refractivity contribution in [2.24, 2.45) is 0 Å². The lowest BCUT2D eigenvalue weighted by Gasteiger charge is -2.35. The molecule has 6 rings (SSSR count). The van der Waals surface area contributed by atoms with Gasteiger partial charge in [-0.05, 0) is 107 Å². The summed E-state index contributed by atoms with van der Waals surface area (Å²) >= 11 is 35.0. The van der Waals surface area contributed by atoms with E-state index in [0.717, 1.165) is 40.1 Å². The van der Waals surface area contributed by atoms with Gasteiger partial charge in [-0.3, -0.25) is 19.7 Å². The van der Waals surface area contributed by atoms with E-state index in [1.54, 1.807) is 16.9 Å². The molecule has 0 saturated heterocycles. The number of aryl methyl sites for hydroxylation is 2. The number of benzene rings is 3. The number of alkyl halides is 3. The first-order valence-electron chi connectivity index (χ1n) is 26.3. The number of methoxy groups -OCH3 is 1. The number of rotatable bonds is 17. The van der Waals surface area contributed by atoms with E-state index in [1.807, 2.05) is 111 Å². The van der Waals surface area contributed by atoms with Gasteiger partial charge in [0.25, 0.3) is 5.91 Å². The zero-order chi connectivity index (χ0) is 65.9. The van der Waals surface area contributed by atoms with Gasteiger partial charge in [-0.25, -0.2) is 4.79 Å². The van der Waals surface area contributed by atoms with Crippen molar-refractivity contribution in [1.29, 1.82) is 0 Å². The van der Waals surface area contributed by atoms with Gasteiger partial charge in [-0.15, -0.1) is 23.1 Å². The van der Waals surface area contributed by atoms with Gasteiger partial charge >= 0.3 is 11.7 Å². The van der Waals surface area contributed by atoms with Crippen molar-refractivity contribution >= 4 is 129 Å². The molecule has 0 radical (unpaired) electrons. The second-order valence-corrected chi connectivity index (χ2v) is 27.4. The monoisotopic (exact) mass is 1360 g/mol. The van der Waals surface area contributed by atoms with Gasteiger partial charge in [0.1, 0.15) is 38.2 Å². The van der Waals surface area contributed by atoms with Crippen molar-refractivity contribution in [3.63, 3.8) is 0 Å². The lowest BCUT2D eigenvalue weighted by Crippen LogP contribution is -2.47. The Morgan fingerprint density at radius 1 is 0.988 bits per heavy atom. The molecule has 86 heavy (non-hydrogen) atoms. The predicted molar refractivity (Wildman–Crippen MR) is 347 cm³/mol. The second kappa shape index (κ2) is 38.4. The first-order chi connectivity index (χ1) is 40.0. The largest absolute Gasteiger partial charge is 0.778 e. The maximum Gasteiger partial charge on any atom is 0.442 e. The number of ether oxygens (including phenoxy) is 3. The Morgan fingerprint density at radius 3 is 2.12 bits per heavy atom. The molecule has 1 aliphatic heterocycles. The van der Waals surface area contributed by atoms with Gasteiger partial charge < -0.3 is 58.5 Å². The number of carbonyl (C=O) groups excluding carboxylic acids is 2. The molecule has 0 fully saturated rings. The highest BCUT2D eigenvalue weighted by Gasteiger charge is 2.32. The molecular weight excluding hydrogens is 1280 g/mol. The summed E-state index contributed by atoms with van der Waals surface area (Å²) < 4.78 is 32.2. The Morgan fingerprint density at radius 2 is 1.60 bits per heavy atom. The summed E-state index contributed by atoms with van der Waals surface area (Å²) in [5.74, 6) is 2.37.